The average Bonchev–Trinajstić information content (AvgIpc) is 3.24. The van der Waals surface area contributed by atoms with E-state index in [0.717, 1.165) is 4.88 Å². The van der Waals surface area contributed by atoms with Crippen LogP contribution in [0.15, 0.2) is 48.5 Å². The van der Waals surface area contributed by atoms with Gasteiger partial charge in [0.2, 0.25) is 5.91 Å². The fourth-order valence-corrected chi connectivity index (χ4v) is 4.12. The number of benzene rings is 2. The van der Waals surface area contributed by atoms with E-state index in [1.807, 2.05) is 0 Å². The molecule has 3 aromatic rings. The van der Waals surface area contributed by atoms with Crippen molar-refractivity contribution >= 4 is 34.0 Å². The number of thiazole rings is 1. The van der Waals surface area contributed by atoms with Crippen molar-refractivity contribution < 1.29 is 18.4 Å². The number of nitrogens with one attached hydrogen (secondary N) is 2. The molecule has 8 heteroatoms. The first kappa shape index (κ1) is 18.2. The zero-order chi connectivity index (χ0) is 19.7. The number of hydrogen-bond acceptors (Lipinski definition) is 4. The summed E-state index contributed by atoms with van der Waals surface area (Å²) in [6.07, 6.45) is 1.25. The van der Waals surface area contributed by atoms with Crippen LogP contribution in [0.3, 0.4) is 0 Å². The van der Waals surface area contributed by atoms with Crippen molar-refractivity contribution in [2.75, 3.05) is 10.6 Å². The monoisotopic (exact) mass is 399 g/mol. The summed E-state index contributed by atoms with van der Waals surface area (Å²) in [6.45, 7) is 0. The Labute approximate surface area is 163 Å². The molecule has 1 heterocycles. The Morgan fingerprint density at radius 2 is 1.79 bits per heavy atom. The molecular formula is C20H15F2N3O2S. The molecule has 0 saturated carbocycles. The van der Waals surface area contributed by atoms with Crippen molar-refractivity contribution in [1.29, 1.82) is 0 Å². The van der Waals surface area contributed by atoms with Crippen LogP contribution in [-0.2, 0) is 11.2 Å². The van der Waals surface area contributed by atoms with Crippen LogP contribution in [0.25, 0.3) is 0 Å². The van der Waals surface area contributed by atoms with Gasteiger partial charge in [0.15, 0.2) is 5.13 Å². The Kier molecular flexibility index (Phi) is 4.87. The molecule has 1 atom stereocenters. The van der Waals surface area contributed by atoms with Gasteiger partial charge < -0.3 is 5.32 Å². The van der Waals surface area contributed by atoms with Crippen molar-refractivity contribution in [3.05, 3.63) is 76.3 Å². The van der Waals surface area contributed by atoms with Gasteiger partial charge in [-0.1, -0.05) is 12.1 Å². The predicted molar refractivity (Wildman–Crippen MR) is 103 cm³/mol. The van der Waals surface area contributed by atoms with E-state index in [-0.39, 0.29) is 11.6 Å². The number of rotatable bonds is 4. The third-order valence-corrected chi connectivity index (χ3v) is 5.54. The molecular weight excluding hydrogens is 384 g/mol. The van der Waals surface area contributed by atoms with Crippen molar-refractivity contribution in [2.45, 2.75) is 18.8 Å². The van der Waals surface area contributed by atoms with E-state index in [9.17, 15) is 18.4 Å². The molecule has 4 rings (SSSR count). The lowest BCUT2D eigenvalue weighted by Gasteiger charge is -2.11. The summed E-state index contributed by atoms with van der Waals surface area (Å²) in [5, 5.41) is 5.66. The summed E-state index contributed by atoms with van der Waals surface area (Å²) in [5.41, 5.74) is 1.04. The van der Waals surface area contributed by atoms with E-state index >= 15 is 0 Å². The van der Waals surface area contributed by atoms with Gasteiger partial charge in [-0.2, -0.15) is 0 Å². The first-order valence-electron chi connectivity index (χ1n) is 8.63. The Morgan fingerprint density at radius 3 is 2.54 bits per heavy atom. The van der Waals surface area contributed by atoms with Crippen LogP contribution in [0.5, 0.6) is 0 Å². The minimum atomic E-state index is -0.500. The number of carbonyl (C=O) groups excluding carboxylic acids is 2. The van der Waals surface area contributed by atoms with Crippen molar-refractivity contribution in [3.63, 3.8) is 0 Å². The number of nitrogens with zero attached hydrogens (tertiary/aromatic N) is 1. The van der Waals surface area contributed by atoms with Crippen LogP contribution in [0.1, 0.15) is 33.3 Å². The summed E-state index contributed by atoms with van der Waals surface area (Å²) in [7, 11) is 0. The maximum Gasteiger partial charge on any atom is 0.257 e. The molecule has 0 radical (unpaired) electrons. The number of carbonyl (C=O) groups is 2. The van der Waals surface area contributed by atoms with Crippen LogP contribution in [-0.4, -0.2) is 16.8 Å². The highest BCUT2D eigenvalue weighted by Crippen LogP contribution is 2.39. The summed E-state index contributed by atoms with van der Waals surface area (Å²) in [5.74, 6) is -2.15. The van der Waals surface area contributed by atoms with E-state index in [4.69, 9.17) is 0 Å². The Hall–Kier alpha value is -3.13. The number of aryl methyl sites for hydroxylation is 1. The number of hydrogen-bond donors (Lipinski definition) is 2. The van der Waals surface area contributed by atoms with Crippen LogP contribution in [0.2, 0.25) is 0 Å². The lowest BCUT2D eigenvalue weighted by atomic mass is 10.1. The molecule has 1 aromatic heterocycles. The third-order valence-electron chi connectivity index (χ3n) is 4.49. The molecule has 5 nitrogen and oxygen atoms in total. The van der Waals surface area contributed by atoms with E-state index < -0.39 is 23.5 Å². The molecule has 2 N–H and O–H groups in total. The number of amides is 2. The molecule has 0 bridgehead atoms. The van der Waals surface area contributed by atoms with Gasteiger partial charge in [-0.25, -0.2) is 13.8 Å². The Bertz CT molecular complexity index is 1050. The molecule has 0 saturated heterocycles. The van der Waals surface area contributed by atoms with Gasteiger partial charge >= 0.3 is 0 Å². The van der Waals surface area contributed by atoms with E-state index in [1.54, 1.807) is 12.1 Å². The van der Waals surface area contributed by atoms with E-state index in [0.29, 0.717) is 29.2 Å². The smallest absolute Gasteiger partial charge is 0.257 e. The van der Waals surface area contributed by atoms with E-state index in [2.05, 4.69) is 15.6 Å². The lowest BCUT2D eigenvalue weighted by molar-refractivity contribution is -0.117. The van der Waals surface area contributed by atoms with Crippen molar-refractivity contribution in [3.8, 4) is 0 Å². The van der Waals surface area contributed by atoms with Crippen LogP contribution in [0.4, 0.5) is 19.6 Å². The zero-order valence-electron chi connectivity index (χ0n) is 14.5. The topological polar surface area (TPSA) is 71.1 Å². The van der Waals surface area contributed by atoms with Gasteiger partial charge in [-0.15, -0.1) is 11.3 Å². The molecule has 0 spiro atoms. The van der Waals surface area contributed by atoms with Crippen molar-refractivity contribution in [2.24, 2.45) is 0 Å². The number of halogens is 2. The molecule has 28 heavy (non-hydrogen) atoms. The average molecular weight is 399 g/mol. The summed E-state index contributed by atoms with van der Waals surface area (Å²) in [6, 6.07) is 11.2. The SMILES string of the molecule is O=C(Nc1nc2c(s1)CCC2C(=O)Nc1ccccc1F)c1ccc(F)cc1. The fourth-order valence-electron chi connectivity index (χ4n) is 3.09. The summed E-state index contributed by atoms with van der Waals surface area (Å²) < 4.78 is 26.8. The molecule has 0 fully saturated rings. The molecule has 1 aliphatic rings. The fraction of sp³-hybridized carbons (Fsp3) is 0.150. The minimum absolute atomic E-state index is 0.126. The van der Waals surface area contributed by atoms with E-state index in [1.165, 1.54) is 47.7 Å². The first-order chi connectivity index (χ1) is 13.5. The summed E-state index contributed by atoms with van der Waals surface area (Å²) in [4.78, 5) is 30.2. The van der Waals surface area contributed by atoms with Gasteiger partial charge in [0.1, 0.15) is 11.6 Å². The van der Waals surface area contributed by atoms with Gasteiger partial charge in [0.05, 0.1) is 17.3 Å². The highest BCUT2D eigenvalue weighted by Gasteiger charge is 2.33. The third kappa shape index (κ3) is 3.63. The molecule has 2 amide bonds. The second-order valence-corrected chi connectivity index (χ2v) is 7.43. The number of fused-ring (bicyclic) bond motifs is 1. The first-order valence-corrected chi connectivity index (χ1v) is 9.45. The summed E-state index contributed by atoms with van der Waals surface area (Å²) >= 11 is 1.31. The number of aromatic nitrogens is 1. The molecule has 1 aliphatic carbocycles. The second-order valence-electron chi connectivity index (χ2n) is 6.35. The van der Waals surface area contributed by atoms with Gasteiger partial charge in [-0.3, -0.25) is 14.9 Å². The minimum Gasteiger partial charge on any atom is -0.323 e. The normalized spacial score (nSPS) is 15.1. The van der Waals surface area contributed by atoms with Crippen LogP contribution < -0.4 is 10.6 Å². The van der Waals surface area contributed by atoms with Crippen LogP contribution >= 0.6 is 11.3 Å². The predicted octanol–water partition coefficient (Wildman–Crippen LogP) is 4.34. The van der Waals surface area contributed by atoms with Crippen LogP contribution in [0, 0.1) is 11.6 Å². The molecule has 2 aromatic carbocycles. The quantitative estimate of drug-likeness (QED) is 0.686. The van der Waals surface area contributed by atoms with Gasteiger partial charge in [0, 0.05) is 10.4 Å². The standard InChI is InChI=1S/C20H15F2N3O2S/c21-12-7-5-11(6-8-12)18(26)25-20-24-17-13(9-10-16(17)28-20)19(27)23-15-4-2-1-3-14(15)22/h1-8,13H,9-10H2,(H,23,27)(H,24,25,26). The highest BCUT2D eigenvalue weighted by molar-refractivity contribution is 7.16. The number of anilines is 2. The highest BCUT2D eigenvalue weighted by atomic mass is 32.1. The van der Waals surface area contributed by atoms with Gasteiger partial charge in [0.25, 0.3) is 5.91 Å². The Balaban J connectivity index is 1.48. The molecule has 142 valence electrons. The van der Waals surface area contributed by atoms with Crippen molar-refractivity contribution in [1.82, 2.24) is 4.98 Å². The maximum atomic E-state index is 13.8. The zero-order valence-corrected chi connectivity index (χ0v) is 15.4. The lowest BCUT2D eigenvalue weighted by Crippen LogP contribution is -2.20. The molecule has 1 unspecified atom stereocenters. The number of para-hydroxylation sites is 1. The largest absolute Gasteiger partial charge is 0.323 e. The Morgan fingerprint density at radius 1 is 1.04 bits per heavy atom. The van der Waals surface area contributed by atoms with Gasteiger partial charge in [-0.05, 0) is 49.2 Å². The second kappa shape index (κ2) is 7.47. The molecule has 0 aliphatic heterocycles. The maximum absolute atomic E-state index is 13.8.